The minimum Gasteiger partial charge on any atom is -0.349 e. The molecular formula is C28H29F3N2O2S. The molecular weight excluding hydrogens is 485 g/mol. The number of carbonyl (C=O) groups is 2. The first kappa shape index (κ1) is 24.9. The largest absolute Gasteiger partial charge is 0.416 e. The molecule has 4 nitrogen and oxygen atoms in total. The number of alkyl halides is 3. The summed E-state index contributed by atoms with van der Waals surface area (Å²) in [4.78, 5) is 28.6. The molecule has 1 aliphatic heterocycles. The van der Waals surface area contributed by atoms with E-state index in [1.54, 1.807) is 18.0 Å². The Labute approximate surface area is 213 Å². The summed E-state index contributed by atoms with van der Waals surface area (Å²) in [7, 11) is 1.76. The highest BCUT2D eigenvalue weighted by atomic mass is 32.2. The van der Waals surface area contributed by atoms with Crippen molar-refractivity contribution in [3.05, 3.63) is 75.7 Å². The zero-order chi connectivity index (χ0) is 25.4. The number of hydrogen-bond acceptors (Lipinski definition) is 3. The number of rotatable bonds is 3. The fourth-order valence-corrected chi connectivity index (χ4v) is 7.13. The van der Waals surface area contributed by atoms with Crippen molar-refractivity contribution >= 4 is 29.7 Å². The Bertz CT molecular complexity index is 1180. The van der Waals surface area contributed by atoms with Crippen LogP contribution >= 0.6 is 11.8 Å². The SMILES string of the molecule is CN1C(=O)/C(=C/c2ccc(C(F)(F)F)cc2)SC2CCC(C(=O)NC3CCCc4ccccc43)CC21. The van der Waals surface area contributed by atoms with Crippen LogP contribution in [-0.2, 0) is 22.2 Å². The van der Waals surface area contributed by atoms with Gasteiger partial charge in [0.15, 0.2) is 0 Å². The summed E-state index contributed by atoms with van der Waals surface area (Å²) in [5, 5.41) is 3.44. The quantitative estimate of drug-likeness (QED) is 0.513. The standard InChI is InChI=1S/C28H29F3N2O2S/c1-33-23-16-19(26(34)32-22-8-4-6-18-5-2-3-7-21(18)22)11-14-24(23)36-25(27(33)35)15-17-9-12-20(13-10-17)28(29,30)31/h2-3,5,7,9-10,12-13,15,19,22-24H,4,6,8,11,14,16H2,1H3,(H,32,34)/b25-15-. The molecule has 2 aromatic carbocycles. The molecule has 1 heterocycles. The summed E-state index contributed by atoms with van der Waals surface area (Å²) < 4.78 is 38.6. The zero-order valence-corrected chi connectivity index (χ0v) is 20.9. The Balaban J connectivity index is 1.25. The number of hydrogen-bond donors (Lipinski definition) is 1. The molecule has 0 radical (unpaired) electrons. The average Bonchev–Trinajstić information content (AvgIpc) is 2.87. The van der Waals surface area contributed by atoms with Crippen LogP contribution in [0.3, 0.4) is 0 Å². The van der Waals surface area contributed by atoms with E-state index in [4.69, 9.17) is 0 Å². The molecule has 1 N–H and O–H groups in total. The number of fused-ring (bicyclic) bond motifs is 2. The molecule has 0 spiro atoms. The Morgan fingerprint density at radius 1 is 1.08 bits per heavy atom. The maximum absolute atomic E-state index is 13.2. The van der Waals surface area contributed by atoms with Crippen molar-refractivity contribution in [3.63, 3.8) is 0 Å². The number of aryl methyl sites for hydroxylation is 1. The van der Waals surface area contributed by atoms with E-state index in [1.165, 1.54) is 35.0 Å². The number of benzene rings is 2. The lowest BCUT2D eigenvalue weighted by Crippen LogP contribution is -2.52. The molecule has 3 aliphatic rings. The summed E-state index contributed by atoms with van der Waals surface area (Å²) in [5.74, 6) is -0.229. The van der Waals surface area contributed by atoms with Gasteiger partial charge in [-0.3, -0.25) is 9.59 Å². The van der Waals surface area contributed by atoms with Crippen molar-refractivity contribution in [2.24, 2.45) is 5.92 Å². The van der Waals surface area contributed by atoms with E-state index in [9.17, 15) is 22.8 Å². The number of nitrogens with one attached hydrogen (secondary N) is 1. The van der Waals surface area contributed by atoms with Crippen molar-refractivity contribution in [1.29, 1.82) is 0 Å². The summed E-state index contributed by atoms with van der Waals surface area (Å²) in [5.41, 5.74) is 2.37. The van der Waals surface area contributed by atoms with E-state index in [0.29, 0.717) is 16.9 Å². The van der Waals surface area contributed by atoms with Gasteiger partial charge < -0.3 is 10.2 Å². The van der Waals surface area contributed by atoms with Crippen molar-refractivity contribution in [2.75, 3.05) is 7.05 Å². The van der Waals surface area contributed by atoms with Gasteiger partial charge in [0.1, 0.15) is 0 Å². The van der Waals surface area contributed by atoms with Crippen molar-refractivity contribution < 1.29 is 22.8 Å². The fourth-order valence-electron chi connectivity index (χ4n) is 5.65. The summed E-state index contributed by atoms with van der Waals surface area (Å²) >= 11 is 1.49. The molecule has 1 saturated carbocycles. The van der Waals surface area contributed by atoms with E-state index in [0.717, 1.165) is 44.2 Å². The third kappa shape index (κ3) is 5.05. The monoisotopic (exact) mass is 514 g/mol. The van der Waals surface area contributed by atoms with Gasteiger partial charge in [0.25, 0.3) is 5.91 Å². The van der Waals surface area contributed by atoms with E-state index in [-0.39, 0.29) is 35.1 Å². The molecule has 190 valence electrons. The summed E-state index contributed by atoms with van der Waals surface area (Å²) in [6.45, 7) is 0. The first-order valence-corrected chi connectivity index (χ1v) is 13.3. The van der Waals surface area contributed by atoms with Gasteiger partial charge >= 0.3 is 6.18 Å². The van der Waals surface area contributed by atoms with Crippen LogP contribution in [0.4, 0.5) is 13.2 Å². The predicted octanol–water partition coefficient (Wildman–Crippen LogP) is 5.98. The number of amides is 2. The maximum atomic E-state index is 13.2. The van der Waals surface area contributed by atoms with Crippen LogP contribution in [0.5, 0.6) is 0 Å². The molecule has 5 rings (SSSR count). The predicted molar refractivity (Wildman–Crippen MR) is 135 cm³/mol. The van der Waals surface area contributed by atoms with Crippen LogP contribution in [0, 0.1) is 5.92 Å². The maximum Gasteiger partial charge on any atom is 0.416 e. The molecule has 2 amide bonds. The van der Waals surface area contributed by atoms with Crippen LogP contribution in [0.25, 0.3) is 6.08 Å². The number of thioether (sulfide) groups is 1. The molecule has 2 aliphatic carbocycles. The molecule has 8 heteroatoms. The Kier molecular flexibility index (Phi) is 6.90. The van der Waals surface area contributed by atoms with Crippen LogP contribution in [0.1, 0.15) is 60.4 Å². The van der Waals surface area contributed by atoms with Crippen LogP contribution in [0.2, 0.25) is 0 Å². The van der Waals surface area contributed by atoms with Gasteiger partial charge in [0.05, 0.1) is 16.5 Å². The molecule has 0 bridgehead atoms. The summed E-state index contributed by atoms with van der Waals surface area (Å²) in [6, 6.07) is 13.1. The average molecular weight is 515 g/mol. The van der Waals surface area contributed by atoms with E-state index < -0.39 is 11.7 Å². The highest BCUT2D eigenvalue weighted by molar-refractivity contribution is 8.04. The number of likely N-dealkylation sites (N-methyl/N-ethyl adjacent to an activating group) is 1. The molecule has 0 aromatic heterocycles. The third-order valence-electron chi connectivity index (χ3n) is 7.65. The lowest BCUT2D eigenvalue weighted by molar-refractivity contribution is -0.137. The molecule has 2 aromatic rings. The van der Waals surface area contributed by atoms with Gasteiger partial charge in [-0.15, -0.1) is 11.8 Å². The minimum atomic E-state index is -4.39. The second-order valence-corrected chi connectivity index (χ2v) is 11.2. The third-order valence-corrected chi connectivity index (χ3v) is 9.05. The molecule has 2 fully saturated rings. The molecule has 4 unspecified atom stereocenters. The number of carbonyl (C=O) groups excluding carboxylic acids is 2. The van der Waals surface area contributed by atoms with Crippen molar-refractivity contribution in [1.82, 2.24) is 10.2 Å². The molecule has 1 saturated heterocycles. The lowest BCUT2D eigenvalue weighted by atomic mass is 9.82. The van der Waals surface area contributed by atoms with E-state index in [1.807, 2.05) is 12.1 Å². The minimum absolute atomic E-state index is 0.0403. The van der Waals surface area contributed by atoms with E-state index in [2.05, 4.69) is 17.4 Å². The Morgan fingerprint density at radius 3 is 2.58 bits per heavy atom. The first-order valence-electron chi connectivity index (χ1n) is 12.4. The smallest absolute Gasteiger partial charge is 0.349 e. The Morgan fingerprint density at radius 2 is 1.83 bits per heavy atom. The lowest BCUT2D eigenvalue weighted by Gasteiger charge is -2.44. The molecule has 36 heavy (non-hydrogen) atoms. The second kappa shape index (κ2) is 9.96. The van der Waals surface area contributed by atoms with Crippen LogP contribution < -0.4 is 5.32 Å². The topological polar surface area (TPSA) is 49.4 Å². The Hall–Kier alpha value is -2.74. The van der Waals surface area contributed by atoms with Gasteiger partial charge in [-0.05, 0) is 73.4 Å². The van der Waals surface area contributed by atoms with Crippen molar-refractivity contribution in [2.45, 2.75) is 62.0 Å². The van der Waals surface area contributed by atoms with Gasteiger partial charge in [-0.2, -0.15) is 13.2 Å². The van der Waals surface area contributed by atoms with Crippen LogP contribution in [0.15, 0.2) is 53.4 Å². The summed E-state index contributed by atoms with van der Waals surface area (Å²) in [6.07, 6.45) is 2.49. The van der Waals surface area contributed by atoms with E-state index >= 15 is 0 Å². The van der Waals surface area contributed by atoms with Crippen molar-refractivity contribution in [3.8, 4) is 0 Å². The highest BCUT2D eigenvalue weighted by Crippen LogP contribution is 2.43. The fraction of sp³-hybridized carbons (Fsp3) is 0.429. The highest BCUT2D eigenvalue weighted by Gasteiger charge is 2.43. The number of nitrogens with zero attached hydrogens (tertiary/aromatic N) is 1. The number of halogens is 3. The van der Waals surface area contributed by atoms with Gasteiger partial charge in [0, 0.05) is 24.3 Å². The van der Waals surface area contributed by atoms with Crippen LogP contribution in [-0.4, -0.2) is 35.1 Å². The zero-order valence-electron chi connectivity index (χ0n) is 20.1. The second-order valence-electron chi connectivity index (χ2n) is 9.93. The van der Waals surface area contributed by atoms with Gasteiger partial charge in [-0.1, -0.05) is 36.4 Å². The van der Waals surface area contributed by atoms with Gasteiger partial charge in [-0.25, -0.2) is 0 Å². The van der Waals surface area contributed by atoms with Gasteiger partial charge in [0.2, 0.25) is 5.91 Å². The first-order chi connectivity index (χ1) is 17.2. The normalized spacial score (nSPS) is 27.4. The molecule has 4 atom stereocenters.